The lowest BCUT2D eigenvalue weighted by atomic mass is 10.0. The molecule has 0 aromatic heterocycles. The van der Waals surface area contributed by atoms with Gasteiger partial charge in [-0.05, 0) is 29.0 Å². The number of Topliss-reactive ketones (excluding diaryl/α,β-unsaturated/α-hetero) is 1. The summed E-state index contributed by atoms with van der Waals surface area (Å²) in [5.41, 5.74) is 5.68. The predicted molar refractivity (Wildman–Crippen MR) is 99.6 cm³/mol. The topological polar surface area (TPSA) is 75.3 Å². The molecule has 0 aliphatic carbocycles. The van der Waals surface area contributed by atoms with Gasteiger partial charge in [-0.2, -0.15) is 0 Å². The first kappa shape index (κ1) is 17.4. The maximum absolute atomic E-state index is 12.3. The highest BCUT2D eigenvalue weighted by Crippen LogP contribution is 2.17. The lowest BCUT2D eigenvalue weighted by Crippen LogP contribution is -2.41. The Labute approximate surface area is 151 Å². The summed E-state index contributed by atoms with van der Waals surface area (Å²) in [6.07, 6.45) is 0.0755. The smallest absolute Gasteiger partial charge is 0.269 e. The van der Waals surface area contributed by atoms with Crippen LogP contribution in [0.1, 0.15) is 33.6 Å². The van der Waals surface area contributed by atoms with Gasteiger partial charge in [-0.15, -0.1) is 0 Å². The number of carbonyl (C=O) groups excluding carboxylic acids is 3. The second-order valence-electron chi connectivity index (χ2n) is 5.85. The van der Waals surface area contributed by atoms with E-state index in [1.807, 2.05) is 36.4 Å². The van der Waals surface area contributed by atoms with E-state index >= 15 is 0 Å². The Morgan fingerprint density at radius 2 is 1.35 bits per heavy atom. The van der Waals surface area contributed by atoms with Gasteiger partial charge in [0.05, 0.1) is 0 Å². The first-order valence-electron chi connectivity index (χ1n) is 8.30. The Balaban J connectivity index is 1.50. The number of hydrogen-bond acceptors (Lipinski definition) is 3. The van der Waals surface area contributed by atoms with Gasteiger partial charge in [0.15, 0.2) is 5.78 Å². The molecule has 0 spiro atoms. The monoisotopic (exact) mass is 346 g/mol. The Morgan fingerprint density at radius 3 is 2.12 bits per heavy atom. The van der Waals surface area contributed by atoms with Gasteiger partial charge in [-0.25, -0.2) is 0 Å². The van der Waals surface area contributed by atoms with Crippen LogP contribution in [0.25, 0.3) is 10.8 Å². The normalized spacial score (nSPS) is 10.3. The SMILES string of the molecule is O=C(CCC(=O)c1ccc2ccccc2c1)NNC(=O)c1ccccc1. The molecule has 3 aromatic carbocycles. The summed E-state index contributed by atoms with van der Waals surface area (Å²) >= 11 is 0. The fourth-order valence-corrected chi connectivity index (χ4v) is 2.58. The molecule has 26 heavy (non-hydrogen) atoms. The second kappa shape index (κ2) is 8.07. The Hall–Kier alpha value is -3.47. The first-order chi connectivity index (χ1) is 12.6. The zero-order chi connectivity index (χ0) is 18.4. The summed E-state index contributed by atoms with van der Waals surface area (Å²) in [5, 5.41) is 2.04. The van der Waals surface area contributed by atoms with Crippen LogP contribution in [0, 0.1) is 0 Å². The van der Waals surface area contributed by atoms with Crippen LogP contribution in [-0.2, 0) is 4.79 Å². The minimum Gasteiger partial charge on any atom is -0.294 e. The molecule has 0 aliphatic rings. The Bertz CT molecular complexity index is 952. The number of carbonyl (C=O) groups is 3. The molecule has 5 nitrogen and oxygen atoms in total. The minimum atomic E-state index is -0.413. The molecule has 0 aliphatic heterocycles. The van der Waals surface area contributed by atoms with Crippen LogP contribution in [0.3, 0.4) is 0 Å². The fourth-order valence-electron chi connectivity index (χ4n) is 2.58. The predicted octanol–water partition coefficient (Wildman–Crippen LogP) is 3.26. The Kier molecular flexibility index (Phi) is 5.39. The summed E-state index contributed by atoms with van der Waals surface area (Å²) in [6, 6.07) is 21.8. The van der Waals surface area contributed by atoms with Crippen molar-refractivity contribution < 1.29 is 14.4 Å². The molecule has 0 radical (unpaired) electrons. The first-order valence-corrected chi connectivity index (χ1v) is 8.30. The molecule has 2 amide bonds. The van der Waals surface area contributed by atoms with Gasteiger partial charge in [-0.1, -0.05) is 54.6 Å². The molecule has 3 aromatic rings. The summed E-state index contributed by atoms with van der Waals surface area (Å²) < 4.78 is 0. The number of rotatable bonds is 5. The summed E-state index contributed by atoms with van der Waals surface area (Å²) in [6.45, 7) is 0. The zero-order valence-electron chi connectivity index (χ0n) is 14.1. The number of amides is 2. The lowest BCUT2D eigenvalue weighted by Gasteiger charge is -2.07. The van der Waals surface area contributed by atoms with E-state index in [0.717, 1.165) is 10.8 Å². The standard InChI is InChI=1S/C21H18N2O3/c24-19(18-11-10-15-6-4-5-9-17(15)14-18)12-13-20(25)22-23-21(26)16-7-2-1-3-8-16/h1-11,14H,12-13H2,(H,22,25)(H,23,26). The van der Waals surface area contributed by atoms with Crippen LogP contribution in [0.15, 0.2) is 72.8 Å². The van der Waals surface area contributed by atoms with E-state index in [1.165, 1.54) is 0 Å². The third-order valence-electron chi connectivity index (χ3n) is 4.00. The maximum atomic E-state index is 12.3. The van der Waals surface area contributed by atoms with Crippen LogP contribution in [-0.4, -0.2) is 17.6 Å². The number of nitrogens with one attached hydrogen (secondary N) is 2. The van der Waals surface area contributed by atoms with E-state index in [2.05, 4.69) is 10.9 Å². The van der Waals surface area contributed by atoms with Crippen LogP contribution in [0.4, 0.5) is 0 Å². The van der Waals surface area contributed by atoms with Crippen LogP contribution in [0.2, 0.25) is 0 Å². The summed E-state index contributed by atoms with van der Waals surface area (Å²) in [5.74, 6) is -0.927. The third kappa shape index (κ3) is 4.33. The quantitative estimate of drug-likeness (QED) is 0.550. The number of benzene rings is 3. The number of fused-ring (bicyclic) bond motifs is 1. The van der Waals surface area contributed by atoms with E-state index in [1.54, 1.807) is 36.4 Å². The van der Waals surface area contributed by atoms with Gasteiger partial charge >= 0.3 is 0 Å². The Morgan fingerprint density at radius 1 is 0.654 bits per heavy atom. The van der Waals surface area contributed by atoms with Gasteiger partial charge < -0.3 is 0 Å². The van der Waals surface area contributed by atoms with Crippen molar-refractivity contribution >= 4 is 28.4 Å². The van der Waals surface area contributed by atoms with Crippen molar-refractivity contribution in [2.75, 3.05) is 0 Å². The van der Waals surface area contributed by atoms with E-state index in [-0.39, 0.29) is 18.6 Å². The van der Waals surface area contributed by atoms with Crippen molar-refractivity contribution in [2.45, 2.75) is 12.8 Å². The van der Waals surface area contributed by atoms with E-state index < -0.39 is 11.8 Å². The molecule has 0 fully saturated rings. The maximum Gasteiger partial charge on any atom is 0.269 e. The summed E-state index contributed by atoms with van der Waals surface area (Å²) in [4.78, 5) is 36.0. The highest BCUT2D eigenvalue weighted by atomic mass is 16.2. The van der Waals surface area contributed by atoms with Crippen molar-refractivity contribution in [3.8, 4) is 0 Å². The highest BCUT2D eigenvalue weighted by molar-refractivity contribution is 6.01. The molecule has 130 valence electrons. The van der Waals surface area contributed by atoms with Crippen molar-refractivity contribution in [2.24, 2.45) is 0 Å². The summed E-state index contributed by atoms with van der Waals surface area (Å²) in [7, 11) is 0. The molecule has 0 atom stereocenters. The number of ketones is 1. The number of hydrazine groups is 1. The molecule has 0 saturated heterocycles. The highest BCUT2D eigenvalue weighted by Gasteiger charge is 2.11. The largest absolute Gasteiger partial charge is 0.294 e. The molecule has 0 saturated carbocycles. The van der Waals surface area contributed by atoms with Gasteiger partial charge in [0.2, 0.25) is 5.91 Å². The average molecular weight is 346 g/mol. The third-order valence-corrected chi connectivity index (χ3v) is 4.00. The molecular formula is C21H18N2O3. The van der Waals surface area contributed by atoms with Gasteiger partial charge in [0.1, 0.15) is 0 Å². The molecule has 0 heterocycles. The minimum absolute atomic E-state index is 0.000724. The molecule has 0 unspecified atom stereocenters. The average Bonchev–Trinajstić information content (AvgIpc) is 2.70. The van der Waals surface area contributed by atoms with Crippen molar-refractivity contribution in [1.82, 2.24) is 10.9 Å². The van der Waals surface area contributed by atoms with Gasteiger partial charge in [-0.3, -0.25) is 25.2 Å². The number of hydrogen-bond donors (Lipinski definition) is 2. The lowest BCUT2D eigenvalue weighted by molar-refractivity contribution is -0.121. The molecule has 3 rings (SSSR count). The van der Waals surface area contributed by atoms with Crippen LogP contribution in [0.5, 0.6) is 0 Å². The van der Waals surface area contributed by atoms with Gasteiger partial charge in [0.25, 0.3) is 5.91 Å². The molecular weight excluding hydrogens is 328 g/mol. The fraction of sp³-hybridized carbons (Fsp3) is 0.0952. The van der Waals surface area contributed by atoms with Crippen LogP contribution < -0.4 is 10.9 Å². The van der Waals surface area contributed by atoms with Crippen LogP contribution >= 0.6 is 0 Å². The molecule has 0 bridgehead atoms. The zero-order valence-corrected chi connectivity index (χ0v) is 14.1. The van der Waals surface area contributed by atoms with E-state index in [4.69, 9.17) is 0 Å². The molecule has 2 N–H and O–H groups in total. The van der Waals surface area contributed by atoms with E-state index in [0.29, 0.717) is 11.1 Å². The second-order valence-corrected chi connectivity index (χ2v) is 5.85. The van der Waals surface area contributed by atoms with Gasteiger partial charge in [0, 0.05) is 24.0 Å². The van der Waals surface area contributed by atoms with Crippen molar-refractivity contribution in [3.05, 3.63) is 83.9 Å². The molecule has 5 heteroatoms. The van der Waals surface area contributed by atoms with Crippen molar-refractivity contribution in [1.29, 1.82) is 0 Å². The van der Waals surface area contributed by atoms with Crippen molar-refractivity contribution in [3.63, 3.8) is 0 Å². The van der Waals surface area contributed by atoms with E-state index in [9.17, 15) is 14.4 Å².